The number of ether oxygens (including phenoxy) is 1. The lowest BCUT2D eigenvalue weighted by Crippen LogP contribution is -2.27. The van der Waals surface area contributed by atoms with E-state index >= 15 is 0 Å². The van der Waals surface area contributed by atoms with Crippen molar-refractivity contribution in [2.45, 2.75) is 39.7 Å². The first kappa shape index (κ1) is 20.7. The largest absolute Gasteiger partial charge is 0.444 e. The number of amides is 2. The number of nitrogens with one attached hydrogen (secondary N) is 2. The molecule has 6 heteroatoms. The Balaban J connectivity index is 1.56. The average molecular weight is 396 g/mol. The molecule has 1 atom stereocenters. The standard InChI is InChI=1S/C23H29N3O3/c1-16-13-14-26(15-16)20-11-9-18(10-12-20)24-21(27)17-5-7-19(8-6-17)25-22(28)29-23(2,3)4/h5-12,16H,13-15H2,1-4H3,(H,24,27)(H,25,28). The summed E-state index contributed by atoms with van der Waals surface area (Å²) in [4.78, 5) is 26.7. The molecule has 29 heavy (non-hydrogen) atoms. The Morgan fingerprint density at radius 2 is 1.55 bits per heavy atom. The lowest BCUT2D eigenvalue weighted by Gasteiger charge is -2.19. The fourth-order valence-electron chi connectivity index (χ4n) is 3.25. The van der Waals surface area contributed by atoms with Crippen molar-refractivity contribution in [3.63, 3.8) is 0 Å². The van der Waals surface area contributed by atoms with E-state index in [9.17, 15) is 9.59 Å². The maximum Gasteiger partial charge on any atom is 0.412 e. The number of carbonyl (C=O) groups excluding carboxylic acids is 2. The molecule has 0 spiro atoms. The number of hydrogen-bond donors (Lipinski definition) is 2. The lowest BCUT2D eigenvalue weighted by molar-refractivity contribution is 0.0636. The molecular formula is C23H29N3O3. The first-order chi connectivity index (χ1) is 13.7. The van der Waals surface area contributed by atoms with Crippen LogP contribution in [0.25, 0.3) is 0 Å². The highest BCUT2D eigenvalue weighted by atomic mass is 16.6. The second-order valence-electron chi connectivity index (χ2n) is 8.55. The lowest BCUT2D eigenvalue weighted by atomic mass is 10.2. The maximum atomic E-state index is 12.5. The highest BCUT2D eigenvalue weighted by Gasteiger charge is 2.19. The highest BCUT2D eigenvalue weighted by Crippen LogP contribution is 2.25. The van der Waals surface area contributed by atoms with Gasteiger partial charge in [-0.1, -0.05) is 6.92 Å². The van der Waals surface area contributed by atoms with Crippen LogP contribution in [0.4, 0.5) is 21.9 Å². The number of rotatable bonds is 4. The summed E-state index contributed by atoms with van der Waals surface area (Å²) in [5, 5.41) is 5.56. The summed E-state index contributed by atoms with van der Waals surface area (Å²) in [5.74, 6) is 0.526. The van der Waals surface area contributed by atoms with Crippen LogP contribution in [0.1, 0.15) is 44.5 Å². The highest BCUT2D eigenvalue weighted by molar-refractivity contribution is 6.04. The van der Waals surface area contributed by atoms with Crippen LogP contribution >= 0.6 is 0 Å². The van der Waals surface area contributed by atoms with Crippen molar-refractivity contribution < 1.29 is 14.3 Å². The van der Waals surface area contributed by atoms with Gasteiger partial charge in [0.2, 0.25) is 0 Å². The topological polar surface area (TPSA) is 70.7 Å². The van der Waals surface area contributed by atoms with E-state index in [0.29, 0.717) is 11.3 Å². The number of anilines is 3. The van der Waals surface area contributed by atoms with E-state index in [1.807, 2.05) is 24.3 Å². The third kappa shape index (κ3) is 5.98. The number of hydrogen-bond acceptors (Lipinski definition) is 4. The van der Waals surface area contributed by atoms with Gasteiger partial charge in [-0.15, -0.1) is 0 Å². The SMILES string of the molecule is CC1CCN(c2ccc(NC(=O)c3ccc(NC(=O)OC(C)(C)C)cc3)cc2)C1. The van der Waals surface area contributed by atoms with Crippen molar-refractivity contribution in [2.24, 2.45) is 5.92 Å². The third-order valence-electron chi connectivity index (χ3n) is 4.71. The Labute approximate surface area is 172 Å². The molecule has 154 valence electrons. The number of carbonyl (C=O) groups is 2. The summed E-state index contributed by atoms with van der Waals surface area (Å²) in [6.45, 7) is 9.84. The Kier molecular flexibility index (Phi) is 6.11. The molecule has 0 aromatic heterocycles. The van der Waals surface area contributed by atoms with Gasteiger partial charge in [0.05, 0.1) is 0 Å². The molecule has 2 aromatic rings. The summed E-state index contributed by atoms with van der Waals surface area (Å²) in [6.07, 6.45) is 0.694. The van der Waals surface area contributed by atoms with E-state index in [1.54, 1.807) is 45.0 Å². The second kappa shape index (κ2) is 8.55. The molecule has 0 bridgehead atoms. The maximum absolute atomic E-state index is 12.5. The van der Waals surface area contributed by atoms with Gasteiger partial charge in [-0.3, -0.25) is 10.1 Å². The van der Waals surface area contributed by atoms with Gasteiger partial charge >= 0.3 is 6.09 Å². The molecule has 0 radical (unpaired) electrons. The predicted molar refractivity (Wildman–Crippen MR) is 117 cm³/mol. The monoisotopic (exact) mass is 395 g/mol. The van der Waals surface area contributed by atoms with Crippen molar-refractivity contribution in [1.29, 1.82) is 0 Å². The Bertz CT molecular complexity index is 854. The van der Waals surface area contributed by atoms with Crippen LogP contribution < -0.4 is 15.5 Å². The molecule has 1 saturated heterocycles. The van der Waals surface area contributed by atoms with Crippen molar-refractivity contribution >= 4 is 29.1 Å². The quantitative estimate of drug-likeness (QED) is 0.753. The summed E-state index contributed by atoms with van der Waals surface area (Å²) >= 11 is 0. The van der Waals surface area contributed by atoms with Crippen LogP contribution in [0.15, 0.2) is 48.5 Å². The van der Waals surface area contributed by atoms with E-state index in [-0.39, 0.29) is 5.91 Å². The van der Waals surface area contributed by atoms with Gasteiger partial charge < -0.3 is 15.0 Å². The van der Waals surface area contributed by atoms with Gasteiger partial charge in [0.25, 0.3) is 5.91 Å². The van der Waals surface area contributed by atoms with Crippen molar-refractivity contribution in [3.8, 4) is 0 Å². The van der Waals surface area contributed by atoms with Gasteiger partial charge in [0.1, 0.15) is 5.60 Å². The third-order valence-corrected chi connectivity index (χ3v) is 4.71. The Morgan fingerprint density at radius 1 is 0.966 bits per heavy atom. The molecule has 2 N–H and O–H groups in total. The van der Waals surface area contributed by atoms with Crippen LogP contribution in [-0.2, 0) is 4.74 Å². The van der Waals surface area contributed by atoms with E-state index in [0.717, 1.165) is 24.7 Å². The predicted octanol–water partition coefficient (Wildman–Crippen LogP) is 5.13. The fraction of sp³-hybridized carbons (Fsp3) is 0.391. The molecule has 1 fully saturated rings. The Hall–Kier alpha value is -3.02. The zero-order chi connectivity index (χ0) is 21.0. The molecule has 0 saturated carbocycles. The van der Waals surface area contributed by atoms with E-state index < -0.39 is 11.7 Å². The van der Waals surface area contributed by atoms with Gasteiger partial charge in [0, 0.05) is 35.7 Å². The zero-order valence-electron chi connectivity index (χ0n) is 17.5. The van der Waals surface area contributed by atoms with E-state index in [4.69, 9.17) is 4.74 Å². The van der Waals surface area contributed by atoms with E-state index in [2.05, 4.69) is 22.5 Å². The summed E-state index contributed by atoms with van der Waals surface area (Å²) in [5.41, 5.74) is 2.45. The molecule has 1 heterocycles. The minimum atomic E-state index is -0.563. The van der Waals surface area contributed by atoms with Gasteiger partial charge in [-0.2, -0.15) is 0 Å². The minimum Gasteiger partial charge on any atom is -0.444 e. The number of benzene rings is 2. The van der Waals surface area contributed by atoms with Crippen molar-refractivity contribution in [3.05, 3.63) is 54.1 Å². The molecule has 1 aliphatic rings. The normalized spacial score (nSPS) is 16.4. The summed E-state index contributed by atoms with van der Waals surface area (Å²) in [7, 11) is 0. The van der Waals surface area contributed by atoms with Crippen LogP contribution in [0, 0.1) is 5.92 Å². The average Bonchev–Trinajstić information content (AvgIpc) is 3.07. The van der Waals surface area contributed by atoms with Crippen LogP contribution in [0.2, 0.25) is 0 Å². The summed E-state index contributed by atoms with van der Waals surface area (Å²) < 4.78 is 5.22. The Morgan fingerprint density at radius 3 is 2.10 bits per heavy atom. The first-order valence-electron chi connectivity index (χ1n) is 9.96. The van der Waals surface area contributed by atoms with Gasteiger partial charge in [-0.25, -0.2) is 4.79 Å². The first-order valence-corrected chi connectivity index (χ1v) is 9.96. The molecule has 2 aromatic carbocycles. The molecule has 6 nitrogen and oxygen atoms in total. The fourth-order valence-corrected chi connectivity index (χ4v) is 3.25. The minimum absolute atomic E-state index is 0.198. The summed E-state index contributed by atoms with van der Waals surface area (Å²) in [6, 6.07) is 14.6. The van der Waals surface area contributed by atoms with Crippen molar-refractivity contribution in [1.82, 2.24) is 0 Å². The second-order valence-corrected chi connectivity index (χ2v) is 8.55. The molecule has 2 amide bonds. The molecular weight excluding hydrogens is 366 g/mol. The molecule has 3 rings (SSSR count). The number of nitrogens with zero attached hydrogens (tertiary/aromatic N) is 1. The van der Waals surface area contributed by atoms with Gasteiger partial charge in [-0.05, 0) is 81.6 Å². The molecule has 1 unspecified atom stereocenters. The van der Waals surface area contributed by atoms with Crippen molar-refractivity contribution in [2.75, 3.05) is 28.6 Å². The van der Waals surface area contributed by atoms with Gasteiger partial charge in [0.15, 0.2) is 0 Å². The van der Waals surface area contributed by atoms with Crippen LogP contribution in [-0.4, -0.2) is 30.7 Å². The van der Waals surface area contributed by atoms with Crippen LogP contribution in [0.3, 0.4) is 0 Å². The van der Waals surface area contributed by atoms with E-state index in [1.165, 1.54) is 12.1 Å². The zero-order valence-corrected chi connectivity index (χ0v) is 17.5. The smallest absolute Gasteiger partial charge is 0.412 e. The van der Waals surface area contributed by atoms with Crippen LogP contribution in [0.5, 0.6) is 0 Å². The molecule has 1 aliphatic heterocycles. The molecule has 0 aliphatic carbocycles.